The lowest BCUT2D eigenvalue weighted by Crippen LogP contribution is -2.25. The predicted octanol–water partition coefficient (Wildman–Crippen LogP) is 2.42. The highest BCUT2D eigenvalue weighted by molar-refractivity contribution is 5.34. The number of allylic oxidation sites excluding steroid dienone is 1. The molecule has 0 spiro atoms. The summed E-state index contributed by atoms with van der Waals surface area (Å²) in [6.45, 7) is 9.64. The summed E-state index contributed by atoms with van der Waals surface area (Å²) in [5.41, 5.74) is 1.18. The predicted molar refractivity (Wildman–Crippen MR) is 75.2 cm³/mol. The van der Waals surface area contributed by atoms with Gasteiger partial charge in [-0.1, -0.05) is 24.3 Å². The highest BCUT2D eigenvalue weighted by atomic mass is 16.5. The molecule has 0 radical (unpaired) electrons. The maximum absolute atomic E-state index is 5.75. The minimum atomic E-state index is 0.667. The number of hydrogen-bond donors (Lipinski definition) is 1. The molecule has 0 unspecified atom stereocenters. The number of rotatable bonds is 10. The molecular formula is C15H23NO2. The zero-order chi connectivity index (χ0) is 13.1. The number of benzene rings is 1. The maximum atomic E-state index is 5.75. The smallest absolute Gasteiger partial charge is 0.122 e. The summed E-state index contributed by atoms with van der Waals surface area (Å²) in [5, 5.41) is 3.27. The van der Waals surface area contributed by atoms with Gasteiger partial charge in [0.1, 0.15) is 12.4 Å². The molecule has 0 amide bonds. The standard InChI is InChI=1S/C15H23NO2/c1-3-7-14-8-5-6-9-15(14)18-13-11-16-10-12-17-4-2/h3,5-6,8-9,16H,1,4,7,10-13H2,2H3. The SMILES string of the molecule is C=CCc1ccccc1OCCNCCOCC. The highest BCUT2D eigenvalue weighted by Gasteiger charge is 2.00. The van der Waals surface area contributed by atoms with E-state index < -0.39 is 0 Å². The van der Waals surface area contributed by atoms with E-state index in [0.717, 1.165) is 38.5 Å². The Bertz CT molecular complexity index is 339. The molecule has 0 fully saturated rings. The van der Waals surface area contributed by atoms with Crippen LogP contribution in [0.4, 0.5) is 0 Å². The Kier molecular flexibility index (Phi) is 7.93. The Labute approximate surface area is 110 Å². The molecular weight excluding hydrogens is 226 g/mol. The summed E-state index contributed by atoms with van der Waals surface area (Å²) in [7, 11) is 0. The first-order valence-corrected chi connectivity index (χ1v) is 6.48. The number of para-hydroxylation sites is 1. The number of ether oxygens (including phenoxy) is 2. The average Bonchev–Trinajstić information content (AvgIpc) is 2.40. The molecule has 1 aromatic carbocycles. The van der Waals surface area contributed by atoms with Crippen molar-refractivity contribution in [3.05, 3.63) is 42.5 Å². The van der Waals surface area contributed by atoms with E-state index in [1.807, 2.05) is 31.2 Å². The quantitative estimate of drug-likeness (QED) is 0.510. The lowest BCUT2D eigenvalue weighted by molar-refractivity contribution is 0.148. The van der Waals surface area contributed by atoms with Crippen LogP contribution < -0.4 is 10.1 Å². The maximum Gasteiger partial charge on any atom is 0.122 e. The molecule has 18 heavy (non-hydrogen) atoms. The van der Waals surface area contributed by atoms with E-state index in [1.54, 1.807) is 0 Å². The van der Waals surface area contributed by atoms with Gasteiger partial charge in [0.05, 0.1) is 6.61 Å². The van der Waals surface area contributed by atoms with Gasteiger partial charge < -0.3 is 14.8 Å². The van der Waals surface area contributed by atoms with Gasteiger partial charge >= 0.3 is 0 Å². The molecule has 1 rings (SSSR count). The molecule has 0 atom stereocenters. The van der Waals surface area contributed by atoms with Crippen molar-refractivity contribution in [3.8, 4) is 5.75 Å². The van der Waals surface area contributed by atoms with E-state index in [0.29, 0.717) is 6.61 Å². The second-order valence-corrected chi connectivity index (χ2v) is 3.90. The molecule has 0 aliphatic rings. The van der Waals surface area contributed by atoms with Crippen molar-refractivity contribution in [3.63, 3.8) is 0 Å². The van der Waals surface area contributed by atoms with Gasteiger partial charge in [0, 0.05) is 19.7 Å². The van der Waals surface area contributed by atoms with Crippen molar-refractivity contribution in [1.82, 2.24) is 5.32 Å². The Morgan fingerprint density at radius 2 is 2.00 bits per heavy atom. The first kappa shape index (κ1) is 14.7. The molecule has 0 saturated heterocycles. The molecule has 100 valence electrons. The normalized spacial score (nSPS) is 10.3. The van der Waals surface area contributed by atoms with Crippen LogP contribution in [0.15, 0.2) is 36.9 Å². The van der Waals surface area contributed by atoms with Gasteiger partial charge in [-0.2, -0.15) is 0 Å². The van der Waals surface area contributed by atoms with Crippen LogP contribution in [-0.4, -0.2) is 32.9 Å². The summed E-state index contributed by atoms with van der Waals surface area (Å²) >= 11 is 0. The van der Waals surface area contributed by atoms with Gasteiger partial charge in [-0.3, -0.25) is 0 Å². The second-order valence-electron chi connectivity index (χ2n) is 3.90. The molecule has 1 aromatic rings. The Hall–Kier alpha value is -1.32. The zero-order valence-electron chi connectivity index (χ0n) is 11.2. The third kappa shape index (κ3) is 5.84. The molecule has 0 aromatic heterocycles. The van der Waals surface area contributed by atoms with Crippen molar-refractivity contribution in [2.75, 3.05) is 32.9 Å². The van der Waals surface area contributed by atoms with E-state index in [2.05, 4.69) is 18.0 Å². The van der Waals surface area contributed by atoms with Crippen LogP contribution in [0.2, 0.25) is 0 Å². The minimum absolute atomic E-state index is 0.667. The Morgan fingerprint density at radius 1 is 1.22 bits per heavy atom. The minimum Gasteiger partial charge on any atom is -0.492 e. The molecule has 3 heteroatoms. The molecule has 0 bridgehead atoms. The summed E-state index contributed by atoms with van der Waals surface area (Å²) < 4.78 is 11.0. The lowest BCUT2D eigenvalue weighted by Gasteiger charge is -2.10. The third-order valence-corrected chi connectivity index (χ3v) is 2.50. The first-order chi connectivity index (χ1) is 8.88. The zero-order valence-corrected chi connectivity index (χ0v) is 11.2. The van der Waals surface area contributed by atoms with E-state index in [1.165, 1.54) is 5.56 Å². The topological polar surface area (TPSA) is 30.5 Å². The van der Waals surface area contributed by atoms with Gasteiger partial charge in [0.25, 0.3) is 0 Å². The molecule has 1 N–H and O–H groups in total. The van der Waals surface area contributed by atoms with Gasteiger partial charge in [0.2, 0.25) is 0 Å². The van der Waals surface area contributed by atoms with Crippen LogP contribution in [0.5, 0.6) is 5.75 Å². The van der Waals surface area contributed by atoms with Crippen molar-refractivity contribution in [2.24, 2.45) is 0 Å². The fraction of sp³-hybridized carbons (Fsp3) is 0.467. The van der Waals surface area contributed by atoms with E-state index in [4.69, 9.17) is 9.47 Å². The van der Waals surface area contributed by atoms with E-state index in [9.17, 15) is 0 Å². The molecule has 0 saturated carbocycles. The lowest BCUT2D eigenvalue weighted by atomic mass is 10.1. The Morgan fingerprint density at radius 3 is 2.78 bits per heavy atom. The summed E-state index contributed by atoms with van der Waals surface area (Å²) in [4.78, 5) is 0. The number of hydrogen-bond acceptors (Lipinski definition) is 3. The number of nitrogens with one attached hydrogen (secondary N) is 1. The van der Waals surface area contributed by atoms with E-state index in [-0.39, 0.29) is 0 Å². The van der Waals surface area contributed by atoms with Gasteiger partial charge in [-0.15, -0.1) is 6.58 Å². The van der Waals surface area contributed by atoms with Crippen LogP contribution in [-0.2, 0) is 11.2 Å². The van der Waals surface area contributed by atoms with Crippen LogP contribution in [0, 0.1) is 0 Å². The molecule has 3 nitrogen and oxygen atoms in total. The molecule has 0 aliphatic carbocycles. The average molecular weight is 249 g/mol. The fourth-order valence-corrected chi connectivity index (χ4v) is 1.62. The van der Waals surface area contributed by atoms with Crippen molar-refractivity contribution in [1.29, 1.82) is 0 Å². The molecule has 0 aliphatic heterocycles. The third-order valence-electron chi connectivity index (χ3n) is 2.50. The summed E-state index contributed by atoms with van der Waals surface area (Å²) in [5.74, 6) is 0.948. The largest absolute Gasteiger partial charge is 0.492 e. The van der Waals surface area contributed by atoms with Crippen LogP contribution in [0.3, 0.4) is 0 Å². The van der Waals surface area contributed by atoms with Crippen LogP contribution in [0.1, 0.15) is 12.5 Å². The fourth-order valence-electron chi connectivity index (χ4n) is 1.62. The van der Waals surface area contributed by atoms with Crippen molar-refractivity contribution >= 4 is 0 Å². The second kappa shape index (κ2) is 9.68. The van der Waals surface area contributed by atoms with E-state index >= 15 is 0 Å². The van der Waals surface area contributed by atoms with Crippen molar-refractivity contribution in [2.45, 2.75) is 13.3 Å². The highest BCUT2D eigenvalue weighted by Crippen LogP contribution is 2.18. The first-order valence-electron chi connectivity index (χ1n) is 6.48. The van der Waals surface area contributed by atoms with Crippen LogP contribution in [0.25, 0.3) is 0 Å². The monoisotopic (exact) mass is 249 g/mol. The summed E-state index contributed by atoms with van der Waals surface area (Å²) in [6, 6.07) is 8.08. The summed E-state index contributed by atoms with van der Waals surface area (Å²) in [6.07, 6.45) is 2.73. The van der Waals surface area contributed by atoms with Crippen molar-refractivity contribution < 1.29 is 9.47 Å². The van der Waals surface area contributed by atoms with Gasteiger partial charge in [0.15, 0.2) is 0 Å². The van der Waals surface area contributed by atoms with Gasteiger partial charge in [-0.05, 0) is 25.0 Å². The van der Waals surface area contributed by atoms with Crippen LogP contribution >= 0.6 is 0 Å². The van der Waals surface area contributed by atoms with Gasteiger partial charge in [-0.25, -0.2) is 0 Å². The Balaban J connectivity index is 2.20. The molecule has 0 heterocycles.